The summed E-state index contributed by atoms with van der Waals surface area (Å²) in [6, 6.07) is 9.27. The third-order valence-electron chi connectivity index (χ3n) is 5.36. The first kappa shape index (κ1) is 24.1. The van der Waals surface area contributed by atoms with Gasteiger partial charge in [0.2, 0.25) is 5.91 Å². The smallest absolute Gasteiger partial charge is 0.269 e. The van der Waals surface area contributed by atoms with Gasteiger partial charge in [-0.1, -0.05) is 20.8 Å². The minimum absolute atomic E-state index is 0.0397. The predicted octanol–water partition coefficient (Wildman–Crippen LogP) is 3.86. The summed E-state index contributed by atoms with van der Waals surface area (Å²) in [5, 5.41) is 10.9. The van der Waals surface area contributed by atoms with Crippen LogP contribution < -0.4 is 0 Å². The van der Waals surface area contributed by atoms with Crippen LogP contribution in [0.4, 0.5) is 5.69 Å². The summed E-state index contributed by atoms with van der Waals surface area (Å²) in [4.78, 5) is 40.2. The predicted molar refractivity (Wildman–Crippen MR) is 120 cm³/mol. The van der Waals surface area contributed by atoms with Gasteiger partial charge in [-0.25, -0.2) is 0 Å². The Labute approximate surface area is 183 Å². The van der Waals surface area contributed by atoms with Crippen LogP contribution in [0.15, 0.2) is 42.6 Å². The second-order valence-electron chi connectivity index (χ2n) is 8.27. The van der Waals surface area contributed by atoms with Crippen LogP contribution in [0.3, 0.4) is 0 Å². The van der Waals surface area contributed by atoms with Crippen molar-refractivity contribution in [3.63, 3.8) is 0 Å². The standard InChI is InChI=1S/C23H32N4O4/c1-6-18(4)26(23(29)19-9-11-20(12-10-19)27(30)31)16-22(28)25(14-17(2)3)15-21-8-7-13-24(21)5/h7-13,17-18H,6,14-16H2,1-5H3/t18-/m0/s1. The van der Waals surface area contributed by atoms with Gasteiger partial charge in [0.15, 0.2) is 0 Å². The van der Waals surface area contributed by atoms with E-state index in [1.807, 2.05) is 43.8 Å². The molecule has 0 saturated carbocycles. The lowest BCUT2D eigenvalue weighted by Crippen LogP contribution is -2.47. The number of nitrogens with zero attached hydrogens (tertiary/aromatic N) is 4. The number of nitro benzene ring substituents is 1. The molecule has 2 amide bonds. The zero-order valence-electron chi connectivity index (χ0n) is 18.9. The number of aromatic nitrogens is 1. The Morgan fingerprint density at radius 1 is 1.13 bits per heavy atom. The van der Waals surface area contributed by atoms with Crippen molar-refractivity contribution in [1.82, 2.24) is 14.4 Å². The average molecular weight is 429 g/mol. The summed E-state index contributed by atoms with van der Waals surface area (Å²) in [6.45, 7) is 8.99. The maximum atomic E-state index is 13.3. The fraction of sp³-hybridized carbons (Fsp3) is 0.478. The van der Waals surface area contributed by atoms with Crippen molar-refractivity contribution in [3.8, 4) is 0 Å². The van der Waals surface area contributed by atoms with Crippen molar-refractivity contribution in [2.45, 2.75) is 46.7 Å². The molecule has 0 saturated heterocycles. The highest BCUT2D eigenvalue weighted by molar-refractivity contribution is 5.97. The van der Waals surface area contributed by atoms with E-state index in [2.05, 4.69) is 13.8 Å². The molecule has 0 fully saturated rings. The van der Waals surface area contributed by atoms with Crippen molar-refractivity contribution in [1.29, 1.82) is 0 Å². The molecule has 1 aromatic heterocycles. The summed E-state index contributed by atoms with van der Waals surface area (Å²) in [6.07, 6.45) is 2.63. The van der Waals surface area contributed by atoms with Crippen molar-refractivity contribution < 1.29 is 14.5 Å². The molecule has 0 radical (unpaired) electrons. The monoisotopic (exact) mass is 428 g/mol. The average Bonchev–Trinajstić information content (AvgIpc) is 3.14. The maximum Gasteiger partial charge on any atom is 0.269 e. The summed E-state index contributed by atoms with van der Waals surface area (Å²) < 4.78 is 1.98. The van der Waals surface area contributed by atoms with E-state index in [9.17, 15) is 19.7 Å². The largest absolute Gasteiger partial charge is 0.353 e. The van der Waals surface area contributed by atoms with Crippen molar-refractivity contribution in [2.24, 2.45) is 13.0 Å². The van der Waals surface area contributed by atoms with Crippen LogP contribution in [0.5, 0.6) is 0 Å². The topological polar surface area (TPSA) is 88.7 Å². The van der Waals surface area contributed by atoms with Crippen LogP contribution >= 0.6 is 0 Å². The maximum absolute atomic E-state index is 13.3. The Morgan fingerprint density at radius 3 is 2.26 bits per heavy atom. The molecule has 1 atom stereocenters. The van der Waals surface area contributed by atoms with E-state index >= 15 is 0 Å². The van der Waals surface area contributed by atoms with Crippen LogP contribution in [0.2, 0.25) is 0 Å². The Hall–Kier alpha value is -3.16. The fourth-order valence-electron chi connectivity index (χ4n) is 3.34. The van der Waals surface area contributed by atoms with E-state index in [-0.39, 0.29) is 36.0 Å². The van der Waals surface area contributed by atoms with Gasteiger partial charge in [0, 0.05) is 49.2 Å². The first-order valence-corrected chi connectivity index (χ1v) is 10.6. The molecule has 1 aromatic carbocycles. The van der Waals surface area contributed by atoms with Crippen molar-refractivity contribution in [3.05, 3.63) is 64.0 Å². The van der Waals surface area contributed by atoms with Crippen LogP contribution in [0.25, 0.3) is 0 Å². The molecule has 1 heterocycles. The third kappa shape index (κ3) is 6.41. The fourth-order valence-corrected chi connectivity index (χ4v) is 3.34. The van der Waals surface area contributed by atoms with Crippen molar-refractivity contribution >= 4 is 17.5 Å². The number of hydrogen-bond acceptors (Lipinski definition) is 4. The first-order valence-electron chi connectivity index (χ1n) is 10.6. The highest BCUT2D eigenvalue weighted by atomic mass is 16.6. The highest BCUT2D eigenvalue weighted by Crippen LogP contribution is 2.17. The molecule has 31 heavy (non-hydrogen) atoms. The Balaban J connectivity index is 2.23. The quantitative estimate of drug-likeness (QED) is 0.425. The van der Waals surface area contributed by atoms with E-state index < -0.39 is 4.92 Å². The van der Waals surface area contributed by atoms with Crippen LogP contribution in [0, 0.1) is 16.0 Å². The molecular formula is C23H32N4O4. The number of nitro groups is 1. The third-order valence-corrected chi connectivity index (χ3v) is 5.36. The number of rotatable bonds is 10. The molecule has 0 bridgehead atoms. The minimum Gasteiger partial charge on any atom is -0.353 e. The van der Waals surface area contributed by atoms with Gasteiger partial charge in [0.25, 0.3) is 11.6 Å². The molecule has 0 aliphatic heterocycles. The second-order valence-corrected chi connectivity index (χ2v) is 8.27. The number of amides is 2. The van der Waals surface area contributed by atoms with Crippen LogP contribution in [0.1, 0.15) is 50.2 Å². The number of hydrogen-bond donors (Lipinski definition) is 0. The number of carbonyl (C=O) groups is 2. The first-order chi connectivity index (χ1) is 14.6. The minimum atomic E-state index is -0.502. The summed E-state index contributed by atoms with van der Waals surface area (Å²) >= 11 is 0. The normalized spacial score (nSPS) is 11.9. The van der Waals surface area contributed by atoms with Gasteiger partial charge in [0.05, 0.1) is 11.5 Å². The molecule has 168 valence electrons. The lowest BCUT2D eigenvalue weighted by Gasteiger charge is -2.32. The van der Waals surface area contributed by atoms with Crippen LogP contribution in [-0.2, 0) is 18.4 Å². The number of non-ortho nitro benzene ring substituents is 1. The summed E-state index contributed by atoms with van der Waals surface area (Å²) in [5.41, 5.74) is 1.27. The molecule has 8 heteroatoms. The molecule has 0 N–H and O–H groups in total. The van der Waals surface area contributed by atoms with Gasteiger partial charge in [-0.05, 0) is 43.5 Å². The lowest BCUT2D eigenvalue weighted by molar-refractivity contribution is -0.384. The van der Waals surface area contributed by atoms with Gasteiger partial charge < -0.3 is 14.4 Å². The van der Waals surface area contributed by atoms with E-state index in [0.717, 1.165) is 5.69 Å². The Kier molecular flexibility index (Phi) is 8.36. The van der Waals surface area contributed by atoms with Crippen LogP contribution in [-0.4, -0.2) is 50.2 Å². The van der Waals surface area contributed by atoms with Gasteiger partial charge in [-0.15, -0.1) is 0 Å². The molecule has 0 unspecified atom stereocenters. The Bertz CT molecular complexity index is 905. The van der Waals surface area contributed by atoms with Gasteiger partial charge in [-0.2, -0.15) is 0 Å². The van der Waals surface area contributed by atoms with Gasteiger partial charge in [0.1, 0.15) is 6.54 Å². The zero-order chi connectivity index (χ0) is 23.1. The zero-order valence-corrected chi connectivity index (χ0v) is 18.9. The second kappa shape index (κ2) is 10.7. The molecular weight excluding hydrogens is 396 g/mol. The molecule has 8 nitrogen and oxygen atoms in total. The number of benzene rings is 1. The van der Waals surface area contributed by atoms with E-state index in [0.29, 0.717) is 25.1 Å². The number of aryl methyl sites for hydroxylation is 1. The SMILES string of the molecule is CC[C@H](C)N(CC(=O)N(Cc1cccn1C)CC(C)C)C(=O)c1ccc([N+](=O)[O-])cc1. The van der Waals surface area contributed by atoms with Gasteiger partial charge in [-0.3, -0.25) is 19.7 Å². The highest BCUT2D eigenvalue weighted by Gasteiger charge is 2.26. The lowest BCUT2D eigenvalue weighted by atomic mass is 10.1. The van der Waals surface area contributed by atoms with E-state index in [4.69, 9.17) is 0 Å². The van der Waals surface area contributed by atoms with Gasteiger partial charge >= 0.3 is 0 Å². The molecule has 2 rings (SSSR count). The Morgan fingerprint density at radius 2 is 1.77 bits per heavy atom. The molecule has 2 aromatic rings. The molecule has 0 aliphatic rings. The van der Waals surface area contributed by atoms with E-state index in [1.165, 1.54) is 24.3 Å². The molecule has 0 aliphatic carbocycles. The van der Waals surface area contributed by atoms with Crippen molar-refractivity contribution in [2.75, 3.05) is 13.1 Å². The summed E-state index contributed by atoms with van der Waals surface area (Å²) in [7, 11) is 1.94. The summed E-state index contributed by atoms with van der Waals surface area (Å²) in [5.74, 6) is -0.141. The molecule has 0 spiro atoms. The van der Waals surface area contributed by atoms with E-state index in [1.54, 1.807) is 9.80 Å². The number of carbonyl (C=O) groups excluding carboxylic acids is 2.